The van der Waals surface area contributed by atoms with Gasteiger partial charge in [-0.1, -0.05) is 12.1 Å². The van der Waals surface area contributed by atoms with Gasteiger partial charge < -0.3 is 19.9 Å². The van der Waals surface area contributed by atoms with Crippen LogP contribution in [-0.4, -0.2) is 67.0 Å². The Bertz CT molecular complexity index is 1170. The van der Waals surface area contributed by atoms with Gasteiger partial charge in [-0.25, -0.2) is 4.68 Å². The second kappa shape index (κ2) is 10.1. The van der Waals surface area contributed by atoms with Gasteiger partial charge in [-0.3, -0.25) is 4.79 Å². The Labute approximate surface area is 207 Å². The molecule has 2 aliphatic rings. The van der Waals surface area contributed by atoms with E-state index in [2.05, 4.69) is 42.3 Å². The number of hydrogen-bond donors (Lipinski definition) is 1. The minimum Gasteiger partial charge on any atom is -0.497 e. The van der Waals surface area contributed by atoms with Crippen LogP contribution in [0.25, 0.3) is 5.69 Å². The van der Waals surface area contributed by atoms with Crippen LogP contribution in [0, 0.1) is 13.8 Å². The Morgan fingerprint density at radius 1 is 1.00 bits per heavy atom. The van der Waals surface area contributed by atoms with E-state index in [4.69, 9.17) is 9.84 Å². The lowest BCUT2D eigenvalue weighted by atomic mass is 9.91. The van der Waals surface area contributed by atoms with Gasteiger partial charge in [0.15, 0.2) is 0 Å². The summed E-state index contributed by atoms with van der Waals surface area (Å²) in [7, 11) is 1.67. The normalized spacial score (nSPS) is 17.0. The molecule has 3 aromatic rings. The average molecular weight is 474 g/mol. The van der Waals surface area contributed by atoms with Gasteiger partial charge in [-0.15, -0.1) is 0 Å². The smallest absolute Gasteiger partial charge is 0.257 e. The minimum absolute atomic E-state index is 0.0962. The fourth-order valence-corrected chi connectivity index (χ4v) is 5.34. The van der Waals surface area contributed by atoms with Crippen molar-refractivity contribution in [1.29, 1.82) is 0 Å². The number of carbonyl (C=O) groups excluding carboxylic acids is 1. The standard InChI is InChI=1S/C28H35N5O2/c1-20-5-4-6-26(21(20)2)31-15-17-32(18-16-31)28(34)25-19-30-33(23-7-9-24(35-3)10-8-23)27(25)22-11-13-29-14-12-22/h4-10,19,22,29H,11-18H2,1-3H3. The van der Waals surface area contributed by atoms with Crippen molar-refractivity contribution in [3.63, 3.8) is 0 Å². The number of hydrogen-bond acceptors (Lipinski definition) is 5. The van der Waals surface area contributed by atoms with E-state index in [1.54, 1.807) is 13.3 Å². The molecular formula is C28H35N5O2. The molecule has 0 atom stereocenters. The molecule has 0 aliphatic carbocycles. The monoisotopic (exact) mass is 473 g/mol. The molecule has 7 nitrogen and oxygen atoms in total. The van der Waals surface area contributed by atoms with Crippen LogP contribution >= 0.6 is 0 Å². The predicted octanol–water partition coefficient (Wildman–Crippen LogP) is 3.93. The lowest BCUT2D eigenvalue weighted by Gasteiger charge is -2.37. The quantitative estimate of drug-likeness (QED) is 0.609. The first kappa shape index (κ1) is 23.4. The zero-order chi connectivity index (χ0) is 24.4. The molecule has 0 bridgehead atoms. The Kier molecular flexibility index (Phi) is 6.77. The maximum Gasteiger partial charge on any atom is 0.257 e. The Morgan fingerprint density at radius 3 is 2.40 bits per heavy atom. The minimum atomic E-state index is 0.0962. The molecule has 2 saturated heterocycles. The number of aryl methyl sites for hydroxylation is 1. The largest absolute Gasteiger partial charge is 0.497 e. The number of benzene rings is 2. The van der Waals surface area contributed by atoms with E-state index in [0.29, 0.717) is 19.0 Å². The molecule has 0 radical (unpaired) electrons. The van der Waals surface area contributed by atoms with E-state index in [9.17, 15) is 4.79 Å². The summed E-state index contributed by atoms with van der Waals surface area (Å²) in [6.45, 7) is 9.36. The van der Waals surface area contributed by atoms with E-state index in [0.717, 1.165) is 61.7 Å². The fourth-order valence-electron chi connectivity index (χ4n) is 5.34. The first-order valence-corrected chi connectivity index (χ1v) is 12.6. The van der Waals surface area contributed by atoms with E-state index < -0.39 is 0 Å². The van der Waals surface area contributed by atoms with E-state index >= 15 is 0 Å². The van der Waals surface area contributed by atoms with E-state index in [1.807, 2.05) is 33.8 Å². The average Bonchev–Trinajstić information content (AvgIpc) is 3.36. The van der Waals surface area contributed by atoms with Crippen LogP contribution in [0.4, 0.5) is 5.69 Å². The summed E-state index contributed by atoms with van der Waals surface area (Å²) >= 11 is 0. The molecule has 2 aliphatic heterocycles. The van der Waals surface area contributed by atoms with Gasteiger partial charge >= 0.3 is 0 Å². The summed E-state index contributed by atoms with van der Waals surface area (Å²) in [6.07, 6.45) is 3.78. The number of anilines is 1. The number of rotatable bonds is 5. The molecule has 1 N–H and O–H groups in total. The van der Waals surface area contributed by atoms with Crippen molar-refractivity contribution in [1.82, 2.24) is 20.0 Å². The van der Waals surface area contributed by atoms with Crippen molar-refractivity contribution in [2.45, 2.75) is 32.6 Å². The summed E-state index contributed by atoms with van der Waals surface area (Å²) in [5.41, 5.74) is 6.64. The van der Waals surface area contributed by atoms with E-state index in [1.165, 1.54) is 16.8 Å². The molecule has 2 fully saturated rings. The number of methoxy groups -OCH3 is 1. The molecule has 7 heteroatoms. The number of amides is 1. The van der Waals surface area contributed by atoms with Crippen molar-refractivity contribution >= 4 is 11.6 Å². The maximum atomic E-state index is 13.8. The van der Waals surface area contributed by atoms with Crippen LogP contribution in [0.3, 0.4) is 0 Å². The summed E-state index contributed by atoms with van der Waals surface area (Å²) in [5.74, 6) is 1.21. The molecule has 1 amide bonds. The van der Waals surface area contributed by atoms with E-state index in [-0.39, 0.29) is 5.91 Å². The van der Waals surface area contributed by atoms with Crippen LogP contribution in [0.15, 0.2) is 48.7 Å². The first-order chi connectivity index (χ1) is 17.1. The highest BCUT2D eigenvalue weighted by molar-refractivity contribution is 5.95. The van der Waals surface area contributed by atoms with Crippen LogP contribution in [0.1, 0.15) is 45.9 Å². The molecule has 0 saturated carbocycles. The van der Waals surface area contributed by atoms with Crippen LogP contribution in [-0.2, 0) is 0 Å². The molecule has 0 spiro atoms. The van der Waals surface area contributed by atoms with Crippen molar-refractivity contribution in [3.8, 4) is 11.4 Å². The summed E-state index contributed by atoms with van der Waals surface area (Å²) < 4.78 is 7.29. The number of piperazine rings is 1. The summed E-state index contributed by atoms with van der Waals surface area (Å²) in [4.78, 5) is 18.2. The zero-order valence-corrected chi connectivity index (χ0v) is 21.0. The van der Waals surface area contributed by atoms with Gasteiger partial charge in [0.1, 0.15) is 5.75 Å². The third-order valence-corrected chi connectivity index (χ3v) is 7.56. The van der Waals surface area contributed by atoms with Crippen LogP contribution in [0.2, 0.25) is 0 Å². The van der Waals surface area contributed by atoms with Crippen LogP contribution < -0.4 is 15.0 Å². The number of ether oxygens (including phenoxy) is 1. The number of nitrogens with one attached hydrogen (secondary N) is 1. The molecule has 184 valence electrons. The van der Waals surface area contributed by atoms with Gasteiger partial charge in [-0.2, -0.15) is 5.10 Å². The third-order valence-electron chi connectivity index (χ3n) is 7.56. The second-order valence-electron chi connectivity index (χ2n) is 9.58. The Hall–Kier alpha value is -3.32. The number of nitrogens with zero attached hydrogens (tertiary/aromatic N) is 4. The molecule has 1 aromatic heterocycles. The molecule has 5 rings (SSSR count). The van der Waals surface area contributed by atoms with Crippen molar-refractivity contribution in [2.75, 3.05) is 51.3 Å². The molecule has 0 unspecified atom stereocenters. The fraction of sp³-hybridized carbons (Fsp3) is 0.429. The Balaban J connectivity index is 1.39. The molecule has 3 heterocycles. The lowest BCUT2D eigenvalue weighted by molar-refractivity contribution is 0.0744. The maximum absolute atomic E-state index is 13.8. The zero-order valence-electron chi connectivity index (χ0n) is 21.0. The van der Waals surface area contributed by atoms with Crippen molar-refractivity contribution < 1.29 is 9.53 Å². The Morgan fingerprint density at radius 2 is 1.71 bits per heavy atom. The highest BCUT2D eigenvalue weighted by Crippen LogP contribution is 2.32. The SMILES string of the molecule is COc1ccc(-n2ncc(C(=O)N3CCN(c4cccc(C)c4C)CC3)c2C2CCNCC2)cc1. The van der Waals surface area contributed by atoms with Gasteiger partial charge in [0, 0.05) is 37.8 Å². The number of carbonyl (C=O) groups is 1. The van der Waals surface area contributed by atoms with Crippen LogP contribution in [0.5, 0.6) is 5.75 Å². The van der Waals surface area contributed by atoms with Crippen molar-refractivity contribution in [2.24, 2.45) is 0 Å². The molecular weight excluding hydrogens is 438 g/mol. The second-order valence-corrected chi connectivity index (χ2v) is 9.58. The predicted molar refractivity (Wildman–Crippen MR) is 139 cm³/mol. The third kappa shape index (κ3) is 4.65. The summed E-state index contributed by atoms with van der Waals surface area (Å²) in [6, 6.07) is 14.4. The molecule has 35 heavy (non-hydrogen) atoms. The lowest BCUT2D eigenvalue weighted by Crippen LogP contribution is -2.49. The number of aromatic nitrogens is 2. The number of piperidine rings is 1. The summed E-state index contributed by atoms with van der Waals surface area (Å²) in [5, 5.41) is 8.16. The highest BCUT2D eigenvalue weighted by Gasteiger charge is 2.31. The van der Waals surface area contributed by atoms with Gasteiger partial charge in [-0.05, 0) is 81.2 Å². The topological polar surface area (TPSA) is 62.6 Å². The molecule has 2 aromatic carbocycles. The van der Waals surface area contributed by atoms with Gasteiger partial charge in [0.2, 0.25) is 0 Å². The van der Waals surface area contributed by atoms with Crippen molar-refractivity contribution in [3.05, 3.63) is 71.0 Å². The highest BCUT2D eigenvalue weighted by atomic mass is 16.5. The van der Waals surface area contributed by atoms with Gasteiger partial charge in [0.25, 0.3) is 5.91 Å². The van der Waals surface area contributed by atoms with Gasteiger partial charge in [0.05, 0.1) is 30.3 Å². The first-order valence-electron chi connectivity index (χ1n) is 12.6.